The van der Waals surface area contributed by atoms with Gasteiger partial charge in [-0.05, 0) is 24.4 Å². The van der Waals surface area contributed by atoms with Gasteiger partial charge in [-0.15, -0.1) is 0 Å². The zero-order valence-electron chi connectivity index (χ0n) is 8.91. The molecule has 1 heterocycles. The highest BCUT2D eigenvalue weighted by molar-refractivity contribution is 6.27. The van der Waals surface area contributed by atoms with Crippen LogP contribution in [0.25, 0.3) is 0 Å². The molecule has 0 aliphatic heterocycles. The lowest BCUT2D eigenvalue weighted by molar-refractivity contribution is 0.0660. The summed E-state index contributed by atoms with van der Waals surface area (Å²) in [6.45, 7) is 0. The van der Waals surface area contributed by atoms with Crippen LogP contribution in [0.5, 0.6) is 0 Å². The van der Waals surface area contributed by atoms with E-state index >= 15 is 0 Å². The number of hydrogen-bond acceptors (Lipinski definition) is 3. The predicted molar refractivity (Wildman–Crippen MR) is 58.9 cm³/mol. The van der Waals surface area contributed by atoms with E-state index in [4.69, 9.17) is 21.1 Å². The van der Waals surface area contributed by atoms with Crippen LogP contribution in [0.3, 0.4) is 0 Å². The van der Waals surface area contributed by atoms with E-state index in [0.29, 0.717) is 5.69 Å². The second-order valence-corrected chi connectivity index (χ2v) is 4.50. The van der Waals surface area contributed by atoms with Crippen LogP contribution >= 0.6 is 11.6 Å². The Morgan fingerprint density at radius 2 is 1.94 bits per heavy atom. The molecule has 0 amide bonds. The fourth-order valence-electron chi connectivity index (χ4n) is 2.29. The molecule has 0 bridgehead atoms. The molecule has 5 heteroatoms. The lowest BCUT2D eigenvalue weighted by Gasteiger charge is -2.10. The zero-order valence-corrected chi connectivity index (χ0v) is 9.66. The highest BCUT2D eigenvalue weighted by Gasteiger charge is 2.26. The molecule has 0 unspecified atom stereocenters. The summed E-state index contributed by atoms with van der Waals surface area (Å²) in [5.41, 5.74) is 0.527. The van der Waals surface area contributed by atoms with Crippen molar-refractivity contribution < 1.29 is 14.3 Å². The van der Waals surface area contributed by atoms with E-state index in [0.717, 1.165) is 25.7 Å². The van der Waals surface area contributed by atoms with Crippen LogP contribution in [0.4, 0.5) is 0 Å². The molecule has 16 heavy (non-hydrogen) atoms. The van der Waals surface area contributed by atoms with Crippen molar-refractivity contribution in [2.45, 2.75) is 44.4 Å². The van der Waals surface area contributed by atoms with Crippen molar-refractivity contribution in [3.05, 3.63) is 16.8 Å². The lowest BCUT2D eigenvalue weighted by Crippen LogP contribution is -2.05. The number of carboxylic acids is 1. The van der Waals surface area contributed by atoms with Crippen LogP contribution in [0.1, 0.15) is 60.7 Å². The smallest absolute Gasteiger partial charge is 0.373 e. The Kier molecular flexibility index (Phi) is 3.49. The number of nitrogens with zero attached hydrogens (tertiary/aromatic N) is 1. The monoisotopic (exact) mass is 243 g/mol. The molecule has 1 aromatic rings. The quantitative estimate of drug-likeness (QED) is 0.808. The van der Waals surface area contributed by atoms with E-state index in [-0.39, 0.29) is 17.0 Å². The zero-order chi connectivity index (χ0) is 11.5. The Bertz CT molecular complexity index is 381. The van der Waals surface area contributed by atoms with Gasteiger partial charge in [-0.2, -0.15) is 0 Å². The van der Waals surface area contributed by atoms with Crippen LogP contribution in [0.15, 0.2) is 4.42 Å². The Morgan fingerprint density at radius 1 is 1.31 bits per heavy atom. The maximum Gasteiger partial charge on any atom is 0.373 e. The first kappa shape index (κ1) is 11.5. The van der Waals surface area contributed by atoms with Crippen LogP contribution in [0.2, 0.25) is 5.35 Å². The average Bonchev–Trinajstić information content (AvgIpc) is 2.49. The van der Waals surface area contributed by atoms with Crippen LogP contribution in [0, 0.1) is 0 Å². The third-order valence-electron chi connectivity index (χ3n) is 3.06. The number of aromatic carboxylic acids is 1. The maximum absolute atomic E-state index is 11.0. The molecule has 0 saturated heterocycles. The van der Waals surface area contributed by atoms with Crippen molar-refractivity contribution in [2.24, 2.45) is 0 Å². The highest BCUT2D eigenvalue weighted by atomic mass is 35.5. The van der Waals surface area contributed by atoms with E-state index in [1.165, 1.54) is 12.8 Å². The number of carbonyl (C=O) groups is 1. The van der Waals surface area contributed by atoms with Gasteiger partial charge in [-0.1, -0.05) is 25.7 Å². The number of hydrogen-bond donors (Lipinski definition) is 1. The van der Waals surface area contributed by atoms with Crippen molar-refractivity contribution in [2.75, 3.05) is 0 Å². The van der Waals surface area contributed by atoms with E-state index in [9.17, 15) is 4.79 Å². The van der Waals surface area contributed by atoms with Gasteiger partial charge in [0, 0.05) is 5.92 Å². The van der Waals surface area contributed by atoms with Gasteiger partial charge in [0.05, 0.1) is 5.69 Å². The first-order valence-electron chi connectivity index (χ1n) is 5.58. The van der Waals surface area contributed by atoms with Gasteiger partial charge >= 0.3 is 5.97 Å². The maximum atomic E-state index is 11.0. The molecule has 1 aromatic heterocycles. The largest absolute Gasteiger partial charge is 0.475 e. The van der Waals surface area contributed by atoms with Crippen LogP contribution in [-0.2, 0) is 0 Å². The van der Waals surface area contributed by atoms with Crippen molar-refractivity contribution in [1.29, 1.82) is 0 Å². The molecule has 1 fully saturated rings. The first-order chi connectivity index (χ1) is 7.68. The summed E-state index contributed by atoms with van der Waals surface area (Å²) in [6.07, 6.45) is 6.61. The average molecular weight is 244 g/mol. The normalized spacial score (nSPS) is 18.3. The predicted octanol–water partition coefficient (Wildman–Crippen LogP) is 3.46. The summed E-state index contributed by atoms with van der Waals surface area (Å²) in [5.74, 6) is -0.986. The number of halogens is 1. The second kappa shape index (κ2) is 4.87. The molecule has 0 spiro atoms. The topological polar surface area (TPSA) is 63.3 Å². The molecule has 0 atom stereocenters. The molecule has 1 saturated carbocycles. The minimum atomic E-state index is -1.08. The molecule has 0 aromatic carbocycles. The molecule has 4 nitrogen and oxygen atoms in total. The van der Waals surface area contributed by atoms with Gasteiger partial charge in [-0.3, -0.25) is 0 Å². The van der Waals surface area contributed by atoms with Crippen molar-refractivity contribution in [3.63, 3.8) is 0 Å². The third kappa shape index (κ3) is 2.38. The molecular formula is C11H14ClNO3. The molecule has 2 rings (SSSR count). The fourth-order valence-corrected chi connectivity index (χ4v) is 2.46. The van der Waals surface area contributed by atoms with Gasteiger partial charge in [0.1, 0.15) is 0 Å². The Labute approximate surface area is 98.6 Å². The number of rotatable bonds is 2. The van der Waals surface area contributed by atoms with Crippen molar-refractivity contribution in [1.82, 2.24) is 4.98 Å². The molecule has 0 radical (unpaired) electrons. The Hall–Kier alpha value is -1.03. The van der Waals surface area contributed by atoms with E-state index in [2.05, 4.69) is 4.98 Å². The van der Waals surface area contributed by atoms with Gasteiger partial charge in [0.25, 0.3) is 5.35 Å². The second-order valence-electron chi connectivity index (χ2n) is 4.17. The molecule has 1 N–H and O–H groups in total. The Balaban J connectivity index is 2.26. The van der Waals surface area contributed by atoms with E-state index in [1.807, 2.05) is 0 Å². The van der Waals surface area contributed by atoms with Gasteiger partial charge in [-0.25, -0.2) is 9.78 Å². The summed E-state index contributed by atoms with van der Waals surface area (Å²) in [5, 5.41) is 8.92. The lowest BCUT2D eigenvalue weighted by atomic mass is 9.95. The minimum Gasteiger partial charge on any atom is -0.475 e. The highest BCUT2D eigenvalue weighted by Crippen LogP contribution is 2.34. The third-order valence-corrected chi connectivity index (χ3v) is 3.23. The molecule has 1 aliphatic rings. The number of oxazole rings is 1. The molecule has 88 valence electrons. The van der Waals surface area contributed by atoms with Gasteiger partial charge in [0.2, 0.25) is 5.76 Å². The van der Waals surface area contributed by atoms with E-state index in [1.54, 1.807) is 0 Å². The number of carboxylic acid groups (broad SMARTS) is 1. The summed E-state index contributed by atoms with van der Waals surface area (Å²) >= 11 is 5.63. The van der Waals surface area contributed by atoms with Gasteiger partial charge < -0.3 is 9.52 Å². The summed E-state index contributed by atoms with van der Waals surface area (Å²) in [7, 11) is 0. The summed E-state index contributed by atoms with van der Waals surface area (Å²) < 4.78 is 4.92. The van der Waals surface area contributed by atoms with Crippen LogP contribution < -0.4 is 0 Å². The standard InChI is InChI=1S/C11H14ClNO3/c12-11-13-8(9(16-11)10(14)15)7-5-3-1-2-4-6-7/h7H,1-6H2,(H,14,15). The molecular weight excluding hydrogens is 230 g/mol. The summed E-state index contributed by atoms with van der Waals surface area (Å²) in [4.78, 5) is 15.0. The first-order valence-corrected chi connectivity index (χ1v) is 5.96. The molecule has 1 aliphatic carbocycles. The van der Waals surface area contributed by atoms with Crippen LogP contribution in [-0.4, -0.2) is 16.1 Å². The minimum absolute atomic E-state index is 0.0725. The fraction of sp³-hybridized carbons (Fsp3) is 0.636. The van der Waals surface area contributed by atoms with E-state index < -0.39 is 5.97 Å². The Morgan fingerprint density at radius 3 is 2.50 bits per heavy atom. The summed E-state index contributed by atoms with van der Waals surface area (Å²) in [6, 6.07) is 0. The van der Waals surface area contributed by atoms with Gasteiger partial charge in [0.15, 0.2) is 0 Å². The van der Waals surface area contributed by atoms with Crippen molar-refractivity contribution in [3.8, 4) is 0 Å². The number of aromatic nitrogens is 1. The van der Waals surface area contributed by atoms with Crippen molar-refractivity contribution >= 4 is 17.6 Å². The SMILES string of the molecule is O=C(O)c1oc(Cl)nc1C1CCCCCC1.